The number of rotatable bonds is 9. The van der Waals surface area contributed by atoms with E-state index < -0.39 is 0 Å². The summed E-state index contributed by atoms with van der Waals surface area (Å²) < 4.78 is 16.3. The molecule has 2 aromatic rings. The number of piperidine rings is 1. The fraction of sp³-hybridized carbons (Fsp3) is 0.545. The van der Waals surface area contributed by atoms with Crippen molar-refractivity contribution < 1.29 is 18.8 Å². The summed E-state index contributed by atoms with van der Waals surface area (Å²) in [6.07, 6.45) is 2.27. The van der Waals surface area contributed by atoms with E-state index in [1.54, 1.807) is 13.2 Å². The maximum absolute atomic E-state index is 12.4. The Labute approximate surface area is 172 Å². The first-order chi connectivity index (χ1) is 14.1. The van der Waals surface area contributed by atoms with Crippen LogP contribution in [0.2, 0.25) is 0 Å². The Morgan fingerprint density at radius 2 is 2.14 bits per heavy atom. The Kier molecular flexibility index (Phi) is 7.66. The van der Waals surface area contributed by atoms with Gasteiger partial charge in [0.15, 0.2) is 11.5 Å². The van der Waals surface area contributed by atoms with E-state index in [0.29, 0.717) is 18.2 Å². The lowest BCUT2D eigenvalue weighted by Crippen LogP contribution is -2.42. The molecule has 0 bridgehead atoms. The van der Waals surface area contributed by atoms with Crippen molar-refractivity contribution in [2.24, 2.45) is 5.92 Å². The molecule has 0 aliphatic carbocycles. The van der Waals surface area contributed by atoms with Crippen LogP contribution in [0.4, 0.5) is 0 Å². The standard InChI is InChI=1S/C22H31N3O4/c1-16-6-4-7-17(2)21(16)28-15-19-12-20(24-29-19)22(26)23-13-18-8-5-9-25(14-18)10-11-27-3/h4,6-7,12,18H,5,8-11,13-15H2,1-3H3,(H,23,26)/t18-/m0/s1. The first-order valence-corrected chi connectivity index (χ1v) is 10.2. The van der Waals surface area contributed by atoms with Gasteiger partial charge in [0, 0.05) is 32.8 Å². The number of aromatic nitrogens is 1. The molecule has 1 amide bonds. The molecule has 29 heavy (non-hydrogen) atoms. The van der Waals surface area contributed by atoms with Crippen molar-refractivity contribution >= 4 is 5.91 Å². The number of aryl methyl sites for hydroxylation is 2. The number of nitrogens with zero attached hydrogens (tertiary/aromatic N) is 2. The number of ether oxygens (including phenoxy) is 2. The highest BCUT2D eigenvalue weighted by molar-refractivity contribution is 5.92. The topological polar surface area (TPSA) is 76.8 Å². The highest BCUT2D eigenvalue weighted by Crippen LogP contribution is 2.23. The third-order valence-electron chi connectivity index (χ3n) is 5.33. The quantitative estimate of drug-likeness (QED) is 0.696. The number of amides is 1. The van der Waals surface area contributed by atoms with Gasteiger partial charge in [-0.3, -0.25) is 4.79 Å². The average molecular weight is 402 g/mol. The molecular formula is C22H31N3O4. The number of hydrogen-bond donors (Lipinski definition) is 1. The van der Waals surface area contributed by atoms with E-state index in [-0.39, 0.29) is 18.2 Å². The minimum Gasteiger partial charge on any atom is -0.485 e. The minimum atomic E-state index is -0.207. The lowest BCUT2D eigenvalue weighted by molar-refractivity contribution is 0.0904. The maximum Gasteiger partial charge on any atom is 0.273 e. The van der Waals surface area contributed by atoms with Gasteiger partial charge in [0.05, 0.1) is 6.61 Å². The summed E-state index contributed by atoms with van der Waals surface area (Å²) in [7, 11) is 1.72. The summed E-state index contributed by atoms with van der Waals surface area (Å²) in [5.74, 6) is 1.61. The number of nitrogens with one attached hydrogen (secondary N) is 1. The molecule has 0 radical (unpaired) electrons. The predicted octanol–water partition coefficient (Wildman–Crippen LogP) is 2.96. The molecule has 1 N–H and O–H groups in total. The lowest BCUT2D eigenvalue weighted by atomic mass is 9.98. The zero-order chi connectivity index (χ0) is 20.6. The van der Waals surface area contributed by atoms with E-state index >= 15 is 0 Å². The number of methoxy groups -OCH3 is 1. The molecular weight excluding hydrogens is 370 g/mol. The van der Waals surface area contributed by atoms with Crippen molar-refractivity contribution in [1.29, 1.82) is 0 Å². The Morgan fingerprint density at radius 3 is 2.90 bits per heavy atom. The molecule has 0 saturated carbocycles. The van der Waals surface area contributed by atoms with Gasteiger partial charge in [-0.25, -0.2) is 0 Å². The molecule has 1 fully saturated rings. The number of carbonyl (C=O) groups excluding carboxylic acids is 1. The molecule has 1 saturated heterocycles. The van der Waals surface area contributed by atoms with E-state index in [2.05, 4.69) is 15.4 Å². The molecule has 7 heteroatoms. The zero-order valence-corrected chi connectivity index (χ0v) is 17.6. The normalized spacial score (nSPS) is 17.3. The summed E-state index contributed by atoms with van der Waals surface area (Å²) in [4.78, 5) is 14.8. The molecule has 158 valence electrons. The zero-order valence-electron chi connectivity index (χ0n) is 17.6. The molecule has 3 rings (SSSR count). The van der Waals surface area contributed by atoms with E-state index in [1.807, 2.05) is 32.0 Å². The SMILES string of the molecule is COCCN1CCC[C@@H](CNC(=O)c2cc(COc3c(C)cccc3C)on2)C1. The van der Waals surface area contributed by atoms with Crippen LogP contribution in [0.5, 0.6) is 5.75 Å². The van der Waals surface area contributed by atoms with Gasteiger partial charge < -0.3 is 24.2 Å². The third kappa shape index (κ3) is 6.05. The van der Waals surface area contributed by atoms with Gasteiger partial charge in [0.1, 0.15) is 12.4 Å². The van der Waals surface area contributed by atoms with Crippen LogP contribution in [0.15, 0.2) is 28.8 Å². The Hall–Kier alpha value is -2.38. The summed E-state index contributed by atoms with van der Waals surface area (Å²) in [5.41, 5.74) is 2.42. The Balaban J connectivity index is 1.47. The maximum atomic E-state index is 12.4. The van der Waals surface area contributed by atoms with Crippen LogP contribution in [0.3, 0.4) is 0 Å². The van der Waals surface area contributed by atoms with Gasteiger partial charge in [-0.2, -0.15) is 0 Å². The molecule has 1 aliphatic rings. The van der Waals surface area contributed by atoms with Crippen LogP contribution in [0.25, 0.3) is 0 Å². The first kappa shape index (κ1) is 21.3. The van der Waals surface area contributed by atoms with Crippen molar-refractivity contribution in [3.8, 4) is 5.75 Å². The van der Waals surface area contributed by atoms with Crippen LogP contribution in [0.1, 0.15) is 40.2 Å². The van der Waals surface area contributed by atoms with Gasteiger partial charge in [0.25, 0.3) is 5.91 Å². The molecule has 1 aromatic carbocycles. The number of benzene rings is 1. The van der Waals surface area contributed by atoms with Crippen molar-refractivity contribution in [2.45, 2.75) is 33.3 Å². The molecule has 2 heterocycles. The third-order valence-corrected chi connectivity index (χ3v) is 5.33. The summed E-state index contributed by atoms with van der Waals surface area (Å²) in [6.45, 7) is 8.65. The van der Waals surface area contributed by atoms with Gasteiger partial charge in [-0.05, 0) is 50.3 Å². The van der Waals surface area contributed by atoms with Gasteiger partial charge >= 0.3 is 0 Å². The van der Waals surface area contributed by atoms with Crippen molar-refractivity contribution in [2.75, 3.05) is 39.9 Å². The van der Waals surface area contributed by atoms with Crippen LogP contribution in [-0.4, -0.2) is 55.9 Å². The molecule has 1 atom stereocenters. The highest BCUT2D eigenvalue weighted by Gasteiger charge is 2.21. The molecule has 1 aliphatic heterocycles. The van der Waals surface area contributed by atoms with Gasteiger partial charge in [0.2, 0.25) is 0 Å². The second-order valence-electron chi connectivity index (χ2n) is 7.70. The number of likely N-dealkylation sites (tertiary alicyclic amines) is 1. The van der Waals surface area contributed by atoms with Crippen molar-refractivity contribution in [3.63, 3.8) is 0 Å². The van der Waals surface area contributed by atoms with Crippen LogP contribution in [-0.2, 0) is 11.3 Å². The number of hydrogen-bond acceptors (Lipinski definition) is 6. The fourth-order valence-corrected chi connectivity index (χ4v) is 3.73. The predicted molar refractivity (Wildman–Crippen MR) is 110 cm³/mol. The lowest BCUT2D eigenvalue weighted by Gasteiger charge is -2.32. The van der Waals surface area contributed by atoms with Crippen LogP contribution in [0, 0.1) is 19.8 Å². The van der Waals surface area contributed by atoms with Crippen LogP contribution >= 0.6 is 0 Å². The number of para-hydroxylation sites is 1. The molecule has 7 nitrogen and oxygen atoms in total. The smallest absolute Gasteiger partial charge is 0.273 e. The average Bonchev–Trinajstić information content (AvgIpc) is 3.19. The molecule has 0 spiro atoms. The van der Waals surface area contributed by atoms with Crippen LogP contribution < -0.4 is 10.1 Å². The second kappa shape index (κ2) is 10.4. The summed E-state index contributed by atoms with van der Waals surface area (Å²) >= 11 is 0. The Morgan fingerprint density at radius 1 is 1.34 bits per heavy atom. The Bertz CT molecular complexity index is 785. The fourth-order valence-electron chi connectivity index (χ4n) is 3.73. The van der Waals surface area contributed by atoms with E-state index in [1.165, 1.54) is 0 Å². The molecule has 1 aromatic heterocycles. The number of carbonyl (C=O) groups is 1. The molecule has 0 unspecified atom stereocenters. The first-order valence-electron chi connectivity index (χ1n) is 10.2. The van der Waals surface area contributed by atoms with Crippen molar-refractivity contribution in [1.82, 2.24) is 15.4 Å². The highest BCUT2D eigenvalue weighted by atomic mass is 16.5. The largest absolute Gasteiger partial charge is 0.485 e. The van der Waals surface area contributed by atoms with E-state index in [0.717, 1.165) is 56.0 Å². The summed E-state index contributed by atoms with van der Waals surface area (Å²) in [6, 6.07) is 7.65. The van der Waals surface area contributed by atoms with Gasteiger partial charge in [-0.1, -0.05) is 23.4 Å². The summed E-state index contributed by atoms with van der Waals surface area (Å²) in [5, 5.41) is 6.89. The van der Waals surface area contributed by atoms with Crippen molar-refractivity contribution in [3.05, 3.63) is 46.8 Å². The monoisotopic (exact) mass is 401 g/mol. The van der Waals surface area contributed by atoms with E-state index in [4.69, 9.17) is 14.0 Å². The minimum absolute atomic E-state index is 0.207. The van der Waals surface area contributed by atoms with E-state index in [9.17, 15) is 4.79 Å². The second-order valence-corrected chi connectivity index (χ2v) is 7.70. The van der Waals surface area contributed by atoms with Gasteiger partial charge in [-0.15, -0.1) is 0 Å².